The Morgan fingerprint density at radius 3 is 2.39 bits per heavy atom. The molecular weight excluding hydrogens is 222 g/mol. The van der Waals surface area contributed by atoms with Gasteiger partial charge in [0.2, 0.25) is 0 Å². The lowest BCUT2D eigenvalue weighted by Gasteiger charge is -2.48. The first-order chi connectivity index (χ1) is 8.19. The van der Waals surface area contributed by atoms with Crippen LogP contribution >= 0.6 is 0 Å². The molecule has 1 saturated heterocycles. The van der Waals surface area contributed by atoms with E-state index in [1.54, 1.807) is 0 Å². The predicted octanol–water partition coefficient (Wildman–Crippen LogP) is 2.04. The van der Waals surface area contributed by atoms with E-state index in [1.165, 1.54) is 26.2 Å². The molecule has 0 spiro atoms. The van der Waals surface area contributed by atoms with E-state index in [0.717, 1.165) is 6.54 Å². The van der Waals surface area contributed by atoms with Crippen LogP contribution in [-0.4, -0.2) is 61.2 Å². The maximum absolute atomic E-state index is 3.57. The van der Waals surface area contributed by atoms with Crippen LogP contribution in [0.1, 0.15) is 41.5 Å². The summed E-state index contributed by atoms with van der Waals surface area (Å²) < 4.78 is 0. The molecule has 1 aliphatic heterocycles. The third-order valence-corrected chi connectivity index (χ3v) is 4.71. The van der Waals surface area contributed by atoms with Crippen LogP contribution in [0.3, 0.4) is 0 Å². The van der Waals surface area contributed by atoms with E-state index < -0.39 is 0 Å². The van der Waals surface area contributed by atoms with Gasteiger partial charge in [-0.15, -0.1) is 0 Å². The normalized spacial score (nSPS) is 24.2. The molecule has 0 aromatic rings. The molecule has 18 heavy (non-hydrogen) atoms. The Balaban J connectivity index is 2.57. The monoisotopic (exact) mass is 255 g/mol. The van der Waals surface area contributed by atoms with Crippen molar-refractivity contribution in [1.82, 2.24) is 15.1 Å². The number of hydrogen-bond donors (Lipinski definition) is 1. The average molecular weight is 255 g/mol. The van der Waals surface area contributed by atoms with Gasteiger partial charge in [-0.1, -0.05) is 20.8 Å². The van der Waals surface area contributed by atoms with E-state index in [4.69, 9.17) is 0 Å². The van der Waals surface area contributed by atoms with E-state index in [9.17, 15) is 0 Å². The second-order valence-corrected chi connectivity index (χ2v) is 7.21. The molecule has 1 unspecified atom stereocenters. The Kier molecular flexibility index (Phi) is 5.22. The van der Waals surface area contributed by atoms with E-state index >= 15 is 0 Å². The van der Waals surface area contributed by atoms with Gasteiger partial charge in [0.05, 0.1) is 0 Å². The van der Waals surface area contributed by atoms with Crippen molar-refractivity contribution in [2.45, 2.75) is 53.1 Å². The van der Waals surface area contributed by atoms with Crippen molar-refractivity contribution in [2.75, 3.05) is 39.8 Å². The number of rotatable bonds is 5. The molecule has 3 heteroatoms. The molecule has 0 radical (unpaired) electrons. The molecule has 1 heterocycles. The van der Waals surface area contributed by atoms with E-state index in [1.807, 2.05) is 0 Å². The SMILES string of the molecule is CCNC(C)C(C)(C)CN1CCN(C)C(C)(C)C1. The Bertz CT molecular complexity index is 260. The van der Waals surface area contributed by atoms with Crippen molar-refractivity contribution >= 4 is 0 Å². The van der Waals surface area contributed by atoms with Crippen LogP contribution < -0.4 is 5.32 Å². The minimum atomic E-state index is 0.301. The molecule has 0 aromatic heterocycles. The van der Waals surface area contributed by atoms with Gasteiger partial charge in [-0.25, -0.2) is 0 Å². The summed E-state index contributed by atoms with van der Waals surface area (Å²) in [5.41, 5.74) is 0.623. The highest BCUT2D eigenvalue weighted by atomic mass is 15.3. The molecule has 3 nitrogen and oxygen atoms in total. The maximum Gasteiger partial charge on any atom is 0.0277 e. The van der Waals surface area contributed by atoms with Crippen LogP contribution in [-0.2, 0) is 0 Å². The van der Waals surface area contributed by atoms with Crippen LogP contribution in [0.15, 0.2) is 0 Å². The third-order valence-electron chi connectivity index (χ3n) is 4.71. The van der Waals surface area contributed by atoms with Crippen LogP contribution in [0, 0.1) is 5.41 Å². The molecule has 1 atom stereocenters. The fourth-order valence-electron chi connectivity index (χ4n) is 2.77. The topological polar surface area (TPSA) is 18.5 Å². The summed E-state index contributed by atoms with van der Waals surface area (Å²) in [4.78, 5) is 5.11. The number of nitrogens with zero attached hydrogens (tertiary/aromatic N) is 2. The summed E-state index contributed by atoms with van der Waals surface area (Å²) in [6.07, 6.45) is 0. The molecule has 1 fully saturated rings. The number of likely N-dealkylation sites (N-methyl/N-ethyl adjacent to an activating group) is 1. The summed E-state index contributed by atoms with van der Waals surface area (Å²) in [6, 6.07) is 0.560. The number of piperazine rings is 1. The first-order valence-electron chi connectivity index (χ1n) is 7.36. The van der Waals surface area contributed by atoms with Gasteiger partial charge >= 0.3 is 0 Å². The van der Waals surface area contributed by atoms with Crippen LogP contribution in [0.2, 0.25) is 0 Å². The molecule has 0 bridgehead atoms. The average Bonchev–Trinajstić information content (AvgIpc) is 2.23. The van der Waals surface area contributed by atoms with Gasteiger partial charge in [0.25, 0.3) is 0 Å². The van der Waals surface area contributed by atoms with Crippen LogP contribution in [0.5, 0.6) is 0 Å². The summed E-state index contributed by atoms with van der Waals surface area (Å²) in [7, 11) is 2.24. The minimum absolute atomic E-state index is 0.301. The molecule has 0 saturated carbocycles. The molecule has 108 valence electrons. The van der Waals surface area contributed by atoms with E-state index in [-0.39, 0.29) is 0 Å². The lowest BCUT2D eigenvalue weighted by Crippen LogP contribution is -2.60. The van der Waals surface area contributed by atoms with Crippen molar-refractivity contribution in [1.29, 1.82) is 0 Å². The van der Waals surface area contributed by atoms with E-state index in [2.05, 4.69) is 63.7 Å². The number of nitrogens with one attached hydrogen (secondary N) is 1. The zero-order valence-corrected chi connectivity index (χ0v) is 13.5. The largest absolute Gasteiger partial charge is 0.314 e. The summed E-state index contributed by atoms with van der Waals surface area (Å²) in [6.45, 7) is 19.7. The lowest BCUT2D eigenvalue weighted by molar-refractivity contribution is 0.0161. The molecular formula is C15H33N3. The van der Waals surface area contributed by atoms with Gasteiger partial charge in [-0.2, -0.15) is 0 Å². The first-order valence-corrected chi connectivity index (χ1v) is 7.36. The summed E-state index contributed by atoms with van der Waals surface area (Å²) in [5, 5.41) is 3.57. The number of hydrogen-bond acceptors (Lipinski definition) is 3. The van der Waals surface area contributed by atoms with Gasteiger partial charge in [-0.05, 0) is 39.8 Å². The van der Waals surface area contributed by atoms with Crippen molar-refractivity contribution < 1.29 is 0 Å². The quantitative estimate of drug-likeness (QED) is 0.811. The third kappa shape index (κ3) is 3.94. The molecule has 1 N–H and O–H groups in total. The Hall–Kier alpha value is -0.120. The molecule has 1 aliphatic rings. The Labute approximate surface area is 114 Å². The van der Waals surface area contributed by atoms with Gasteiger partial charge < -0.3 is 5.32 Å². The molecule has 0 aromatic carbocycles. The fourth-order valence-corrected chi connectivity index (χ4v) is 2.77. The van der Waals surface area contributed by atoms with Gasteiger partial charge in [0.15, 0.2) is 0 Å². The Morgan fingerprint density at radius 1 is 1.28 bits per heavy atom. The summed E-state index contributed by atoms with van der Waals surface area (Å²) >= 11 is 0. The van der Waals surface area contributed by atoms with Crippen molar-refractivity contribution in [2.24, 2.45) is 5.41 Å². The molecule has 0 amide bonds. The van der Waals surface area contributed by atoms with Gasteiger partial charge in [-0.3, -0.25) is 9.80 Å². The lowest BCUT2D eigenvalue weighted by atomic mass is 9.84. The molecule has 1 rings (SSSR count). The highest BCUT2D eigenvalue weighted by molar-refractivity contribution is 4.92. The van der Waals surface area contributed by atoms with Crippen molar-refractivity contribution in [3.63, 3.8) is 0 Å². The first kappa shape index (κ1) is 15.9. The van der Waals surface area contributed by atoms with Crippen molar-refractivity contribution in [3.8, 4) is 0 Å². The fraction of sp³-hybridized carbons (Fsp3) is 1.00. The van der Waals surface area contributed by atoms with E-state index in [0.29, 0.717) is 17.0 Å². The standard InChI is InChI=1S/C15H33N3/c1-8-16-13(2)14(3,4)11-18-10-9-17(7)15(5,6)12-18/h13,16H,8-12H2,1-7H3. The zero-order valence-electron chi connectivity index (χ0n) is 13.5. The maximum atomic E-state index is 3.57. The summed E-state index contributed by atoms with van der Waals surface area (Å²) in [5.74, 6) is 0. The highest BCUT2D eigenvalue weighted by Crippen LogP contribution is 2.26. The zero-order chi connectivity index (χ0) is 14.0. The smallest absolute Gasteiger partial charge is 0.0277 e. The van der Waals surface area contributed by atoms with Crippen LogP contribution in [0.4, 0.5) is 0 Å². The molecule has 0 aliphatic carbocycles. The van der Waals surface area contributed by atoms with Gasteiger partial charge in [0.1, 0.15) is 0 Å². The second kappa shape index (κ2) is 5.89. The Morgan fingerprint density at radius 2 is 1.89 bits per heavy atom. The second-order valence-electron chi connectivity index (χ2n) is 7.21. The van der Waals surface area contributed by atoms with Crippen molar-refractivity contribution in [3.05, 3.63) is 0 Å². The predicted molar refractivity (Wildman–Crippen MR) is 80.1 cm³/mol. The van der Waals surface area contributed by atoms with Gasteiger partial charge in [0, 0.05) is 37.8 Å². The highest BCUT2D eigenvalue weighted by Gasteiger charge is 2.35. The van der Waals surface area contributed by atoms with Crippen LogP contribution in [0.25, 0.3) is 0 Å². The minimum Gasteiger partial charge on any atom is -0.314 e.